The highest BCUT2D eigenvalue weighted by Crippen LogP contribution is 2.21. The minimum atomic E-state index is -0.227. The fourth-order valence-corrected chi connectivity index (χ4v) is 3.49. The van der Waals surface area contributed by atoms with Gasteiger partial charge in [-0.2, -0.15) is 5.10 Å². The van der Waals surface area contributed by atoms with Crippen LogP contribution in [0.25, 0.3) is 10.9 Å². The molecule has 31 heavy (non-hydrogen) atoms. The van der Waals surface area contributed by atoms with Crippen molar-refractivity contribution in [2.24, 2.45) is 5.10 Å². The zero-order valence-electron chi connectivity index (χ0n) is 17.2. The van der Waals surface area contributed by atoms with Gasteiger partial charge in [-0.05, 0) is 42.8 Å². The lowest BCUT2D eigenvalue weighted by Gasteiger charge is -2.06. The molecule has 156 valence electrons. The van der Waals surface area contributed by atoms with Crippen LogP contribution in [0.15, 0.2) is 84.1 Å². The third-order valence-corrected chi connectivity index (χ3v) is 5.24. The van der Waals surface area contributed by atoms with Gasteiger partial charge in [0.2, 0.25) is 0 Å². The molecule has 0 fully saturated rings. The maximum Gasteiger partial charge on any atom is 0.259 e. The van der Waals surface area contributed by atoms with Gasteiger partial charge in [0.05, 0.1) is 12.8 Å². The van der Waals surface area contributed by atoms with Gasteiger partial charge in [0, 0.05) is 39.9 Å². The van der Waals surface area contributed by atoms with Crippen molar-refractivity contribution in [2.75, 3.05) is 11.9 Å². The van der Waals surface area contributed by atoms with Crippen LogP contribution in [0.2, 0.25) is 5.02 Å². The molecule has 0 spiro atoms. The van der Waals surface area contributed by atoms with Gasteiger partial charge in [-0.1, -0.05) is 59.6 Å². The second-order valence-electron chi connectivity index (χ2n) is 7.37. The fraction of sp³-hybridized carbons (Fsp3) is 0.120. The molecule has 0 bridgehead atoms. The van der Waals surface area contributed by atoms with Gasteiger partial charge in [-0.25, -0.2) is 5.43 Å². The number of hydrogen-bond acceptors (Lipinski definition) is 3. The predicted molar refractivity (Wildman–Crippen MR) is 128 cm³/mol. The Morgan fingerprint density at radius 3 is 2.55 bits per heavy atom. The van der Waals surface area contributed by atoms with E-state index in [1.165, 1.54) is 11.1 Å². The maximum atomic E-state index is 12.1. The molecule has 0 unspecified atom stereocenters. The van der Waals surface area contributed by atoms with Crippen LogP contribution in [-0.4, -0.2) is 23.2 Å². The third kappa shape index (κ3) is 5.32. The summed E-state index contributed by atoms with van der Waals surface area (Å²) < 4.78 is 2.20. The molecule has 1 heterocycles. The number of para-hydroxylation sites is 1. The average molecular weight is 431 g/mol. The van der Waals surface area contributed by atoms with Crippen molar-refractivity contribution in [2.45, 2.75) is 13.5 Å². The summed E-state index contributed by atoms with van der Waals surface area (Å²) >= 11 is 5.87. The first-order valence-corrected chi connectivity index (χ1v) is 10.4. The molecule has 1 amide bonds. The number of carbonyl (C=O) groups excluding carboxylic acids is 1. The second-order valence-corrected chi connectivity index (χ2v) is 7.81. The first kappa shape index (κ1) is 20.7. The first-order valence-electron chi connectivity index (χ1n) is 10.0. The Bertz CT molecular complexity index is 1210. The second kappa shape index (κ2) is 9.49. The smallest absolute Gasteiger partial charge is 0.259 e. The Morgan fingerprint density at radius 2 is 1.77 bits per heavy atom. The number of benzene rings is 3. The predicted octanol–water partition coefficient (Wildman–Crippen LogP) is 5.21. The van der Waals surface area contributed by atoms with Crippen LogP contribution in [0.4, 0.5) is 5.69 Å². The third-order valence-electron chi connectivity index (χ3n) is 4.98. The van der Waals surface area contributed by atoms with Gasteiger partial charge < -0.3 is 9.88 Å². The molecular weight excluding hydrogens is 408 g/mol. The van der Waals surface area contributed by atoms with Crippen LogP contribution >= 0.6 is 11.6 Å². The van der Waals surface area contributed by atoms with Crippen molar-refractivity contribution >= 4 is 40.3 Å². The normalized spacial score (nSPS) is 11.2. The number of aryl methyl sites for hydroxylation is 1. The monoisotopic (exact) mass is 430 g/mol. The van der Waals surface area contributed by atoms with Gasteiger partial charge in [-0.3, -0.25) is 4.79 Å². The minimum Gasteiger partial charge on any atom is -0.376 e. The van der Waals surface area contributed by atoms with Crippen LogP contribution < -0.4 is 10.7 Å². The Hall–Kier alpha value is -3.57. The molecule has 0 saturated carbocycles. The summed E-state index contributed by atoms with van der Waals surface area (Å²) in [6.45, 7) is 2.98. The van der Waals surface area contributed by atoms with Gasteiger partial charge >= 0.3 is 0 Å². The Kier molecular flexibility index (Phi) is 6.34. The highest BCUT2D eigenvalue weighted by atomic mass is 35.5. The van der Waals surface area contributed by atoms with E-state index in [1.54, 1.807) is 18.3 Å². The number of aromatic nitrogens is 1. The molecule has 0 aliphatic heterocycles. The molecule has 0 saturated heterocycles. The number of nitrogens with zero attached hydrogens (tertiary/aromatic N) is 2. The summed E-state index contributed by atoms with van der Waals surface area (Å²) in [5.41, 5.74) is 7.95. The topological polar surface area (TPSA) is 58.4 Å². The average Bonchev–Trinajstić information content (AvgIpc) is 3.12. The number of nitrogens with one attached hydrogen (secondary N) is 2. The van der Waals surface area contributed by atoms with Crippen molar-refractivity contribution < 1.29 is 4.79 Å². The van der Waals surface area contributed by atoms with Crippen LogP contribution in [-0.2, 0) is 11.3 Å². The number of carbonyl (C=O) groups is 1. The number of rotatable bonds is 7. The van der Waals surface area contributed by atoms with E-state index in [0.29, 0.717) is 5.02 Å². The standard InChI is InChI=1S/C25H23ClN4O/c1-18-6-8-19(9-7-18)16-30-17-20(23-4-2-3-5-24(23)30)14-28-29-25(31)15-27-22-12-10-21(26)11-13-22/h2-14,17,27H,15-16H2,1H3,(H,29,31)/b28-14-. The summed E-state index contributed by atoms with van der Waals surface area (Å²) in [6.07, 6.45) is 3.75. The van der Waals surface area contributed by atoms with E-state index < -0.39 is 0 Å². The summed E-state index contributed by atoms with van der Waals surface area (Å²) in [5.74, 6) is -0.227. The highest BCUT2D eigenvalue weighted by Gasteiger charge is 2.07. The van der Waals surface area contributed by atoms with E-state index in [2.05, 4.69) is 69.9 Å². The van der Waals surface area contributed by atoms with Crippen molar-refractivity contribution in [1.29, 1.82) is 0 Å². The quantitative estimate of drug-likeness (QED) is 0.312. The molecule has 2 N–H and O–H groups in total. The minimum absolute atomic E-state index is 0.119. The van der Waals surface area contributed by atoms with Crippen molar-refractivity contribution in [3.05, 3.63) is 101 Å². The maximum absolute atomic E-state index is 12.1. The van der Waals surface area contributed by atoms with Crippen molar-refractivity contribution in [3.63, 3.8) is 0 Å². The number of anilines is 1. The van der Waals surface area contributed by atoms with E-state index in [-0.39, 0.29) is 12.5 Å². The molecule has 6 heteroatoms. The number of amides is 1. The summed E-state index contributed by atoms with van der Waals surface area (Å²) in [7, 11) is 0. The van der Waals surface area contributed by atoms with Gasteiger partial charge in [0.15, 0.2) is 0 Å². The van der Waals surface area contributed by atoms with Crippen LogP contribution in [0.3, 0.4) is 0 Å². The lowest BCUT2D eigenvalue weighted by Crippen LogP contribution is -2.25. The molecular formula is C25H23ClN4O. The largest absolute Gasteiger partial charge is 0.376 e. The van der Waals surface area contributed by atoms with E-state index in [1.807, 2.05) is 24.3 Å². The molecule has 1 aromatic heterocycles. The van der Waals surface area contributed by atoms with Crippen LogP contribution in [0.1, 0.15) is 16.7 Å². The molecule has 3 aromatic carbocycles. The Labute approximate surface area is 186 Å². The lowest BCUT2D eigenvalue weighted by atomic mass is 10.1. The molecule has 0 aliphatic carbocycles. The van der Waals surface area contributed by atoms with Crippen molar-refractivity contribution in [3.8, 4) is 0 Å². The number of hydrazone groups is 1. The van der Waals surface area contributed by atoms with E-state index >= 15 is 0 Å². The lowest BCUT2D eigenvalue weighted by molar-refractivity contribution is -0.119. The summed E-state index contributed by atoms with van der Waals surface area (Å²) in [6, 6.07) is 23.9. The molecule has 0 radical (unpaired) electrons. The van der Waals surface area contributed by atoms with Gasteiger partial charge in [0.25, 0.3) is 5.91 Å². The Balaban J connectivity index is 1.42. The van der Waals surface area contributed by atoms with Crippen molar-refractivity contribution in [1.82, 2.24) is 9.99 Å². The van der Waals surface area contributed by atoms with Crippen LogP contribution in [0, 0.1) is 6.92 Å². The van der Waals surface area contributed by atoms with E-state index in [0.717, 1.165) is 28.7 Å². The molecule has 4 aromatic rings. The molecule has 4 rings (SSSR count). The molecule has 0 atom stereocenters. The van der Waals surface area contributed by atoms with Crippen LogP contribution in [0.5, 0.6) is 0 Å². The number of hydrogen-bond donors (Lipinski definition) is 2. The zero-order valence-corrected chi connectivity index (χ0v) is 17.9. The fourth-order valence-electron chi connectivity index (χ4n) is 3.36. The van der Waals surface area contributed by atoms with E-state index in [9.17, 15) is 4.79 Å². The SMILES string of the molecule is Cc1ccc(Cn2cc(/C=N\NC(=O)CNc3ccc(Cl)cc3)c3ccccc32)cc1. The van der Waals surface area contributed by atoms with Gasteiger partial charge in [-0.15, -0.1) is 0 Å². The first-order chi connectivity index (χ1) is 15.1. The molecule has 5 nitrogen and oxygen atoms in total. The summed E-state index contributed by atoms with van der Waals surface area (Å²) in [5, 5.41) is 8.93. The van der Waals surface area contributed by atoms with Gasteiger partial charge in [0.1, 0.15) is 0 Å². The molecule has 0 aliphatic rings. The number of halogens is 1. The highest BCUT2D eigenvalue weighted by molar-refractivity contribution is 6.30. The summed E-state index contributed by atoms with van der Waals surface area (Å²) in [4.78, 5) is 12.1. The van der Waals surface area contributed by atoms with E-state index in [4.69, 9.17) is 11.6 Å². The Morgan fingerprint density at radius 1 is 1.03 bits per heavy atom. The zero-order chi connectivity index (χ0) is 21.6. The number of fused-ring (bicyclic) bond motifs is 1.